The standard InChI is InChI=1S/C14H14ClNOS/c15-14-7-4-9(18-14)8-17-13-3-1-2-10-11(13)5-6-12(10)16/h1-4,7,12H,5-6,8,16H2. The van der Waals surface area contributed by atoms with Crippen molar-refractivity contribution in [2.75, 3.05) is 0 Å². The summed E-state index contributed by atoms with van der Waals surface area (Å²) >= 11 is 7.46. The van der Waals surface area contributed by atoms with E-state index < -0.39 is 0 Å². The average molecular weight is 280 g/mol. The van der Waals surface area contributed by atoms with Crippen LogP contribution in [0.1, 0.15) is 28.5 Å². The molecule has 1 aliphatic carbocycles. The lowest BCUT2D eigenvalue weighted by Gasteiger charge is -2.10. The maximum absolute atomic E-state index is 6.05. The van der Waals surface area contributed by atoms with Crippen LogP contribution in [0, 0.1) is 0 Å². The van der Waals surface area contributed by atoms with E-state index in [0.29, 0.717) is 6.61 Å². The number of halogens is 1. The minimum absolute atomic E-state index is 0.166. The second kappa shape index (κ2) is 4.92. The molecule has 3 rings (SSSR count). The third kappa shape index (κ3) is 2.26. The van der Waals surface area contributed by atoms with Crippen molar-refractivity contribution in [3.05, 3.63) is 50.7 Å². The van der Waals surface area contributed by atoms with E-state index in [2.05, 4.69) is 6.07 Å². The van der Waals surface area contributed by atoms with Crippen molar-refractivity contribution >= 4 is 22.9 Å². The first-order valence-corrected chi connectivity index (χ1v) is 7.18. The van der Waals surface area contributed by atoms with Crippen LogP contribution < -0.4 is 10.5 Å². The second-order valence-corrected chi connectivity index (χ2v) is 6.26. The molecule has 0 radical (unpaired) electrons. The highest BCUT2D eigenvalue weighted by molar-refractivity contribution is 7.16. The summed E-state index contributed by atoms with van der Waals surface area (Å²) in [6.45, 7) is 0.572. The van der Waals surface area contributed by atoms with Crippen LogP contribution in [-0.4, -0.2) is 0 Å². The van der Waals surface area contributed by atoms with E-state index in [1.54, 1.807) is 11.3 Å². The normalized spacial score (nSPS) is 17.8. The summed E-state index contributed by atoms with van der Waals surface area (Å²) in [7, 11) is 0. The Morgan fingerprint density at radius 1 is 1.33 bits per heavy atom. The number of ether oxygens (including phenoxy) is 1. The van der Waals surface area contributed by atoms with Gasteiger partial charge in [0.05, 0.1) is 4.34 Å². The quantitative estimate of drug-likeness (QED) is 0.924. The van der Waals surface area contributed by atoms with Crippen LogP contribution in [0.4, 0.5) is 0 Å². The number of thiophene rings is 1. The molecule has 1 aliphatic rings. The van der Waals surface area contributed by atoms with Crippen molar-refractivity contribution in [3.8, 4) is 5.75 Å². The van der Waals surface area contributed by atoms with Crippen LogP contribution in [0.2, 0.25) is 4.34 Å². The Morgan fingerprint density at radius 2 is 2.22 bits per heavy atom. The number of hydrogen-bond acceptors (Lipinski definition) is 3. The van der Waals surface area contributed by atoms with Gasteiger partial charge < -0.3 is 10.5 Å². The number of benzene rings is 1. The average Bonchev–Trinajstić information content (AvgIpc) is 2.94. The van der Waals surface area contributed by atoms with Gasteiger partial charge in [0.1, 0.15) is 12.4 Å². The van der Waals surface area contributed by atoms with Crippen molar-refractivity contribution in [2.24, 2.45) is 5.73 Å². The van der Waals surface area contributed by atoms with Gasteiger partial charge >= 0.3 is 0 Å². The van der Waals surface area contributed by atoms with Gasteiger partial charge in [0.15, 0.2) is 0 Å². The molecule has 2 N–H and O–H groups in total. The Hall–Kier alpha value is -1.03. The Morgan fingerprint density at radius 3 is 3.00 bits per heavy atom. The second-order valence-electron chi connectivity index (χ2n) is 4.46. The topological polar surface area (TPSA) is 35.2 Å². The Labute approximate surface area is 115 Å². The van der Waals surface area contributed by atoms with Crippen LogP contribution in [0.5, 0.6) is 5.75 Å². The molecule has 18 heavy (non-hydrogen) atoms. The molecule has 1 atom stereocenters. The molecule has 1 heterocycles. The SMILES string of the molecule is NC1CCc2c(OCc3ccc(Cl)s3)cccc21. The monoisotopic (exact) mass is 279 g/mol. The van der Waals surface area contributed by atoms with E-state index in [1.807, 2.05) is 24.3 Å². The smallest absolute Gasteiger partial charge is 0.123 e. The van der Waals surface area contributed by atoms with Crippen molar-refractivity contribution in [1.82, 2.24) is 0 Å². The molecular formula is C14H14ClNOS. The summed E-state index contributed by atoms with van der Waals surface area (Å²) in [6, 6.07) is 10.2. The zero-order chi connectivity index (χ0) is 12.5. The third-order valence-corrected chi connectivity index (χ3v) is 4.48. The predicted octanol–water partition coefficient (Wildman–Crippen LogP) is 3.93. The molecule has 94 valence electrons. The highest BCUT2D eigenvalue weighted by Crippen LogP contribution is 2.36. The zero-order valence-electron chi connectivity index (χ0n) is 9.86. The van der Waals surface area contributed by atoms with E-state index >= 15 is 0 Å². The molecular weight excluding hydrogens is 266 g/mol. The van der Waals surface area contributed by atoms with E-state index in [1.165, 1.54) is 11.1 Å². The molecule has 0 bridgehead atoms. The summed E-state index contributed by atoms with van der Waals surface area (Å²) < 4.78 is 6.69. The molecule has 0 spiro atoms. The fourth-order valence-corrected chi connectivity index (χ4v) is 3.37. The van der Waals surface area contributed by atoms with E-state index in [-0.39, 0.29) is 6.04 Å². The largest absolute Gasteiger partial charge is 0.488 e. The van der Waals surface area contributed by atoms with Gasteiger partial charge in [0, 0.05) is 10.9 Å². The number of nitrogens with two attached hydrogens (primary N) is 1. The maximum atomic E-state index is 6.05. The maximum Gasteiger partial charge on any atom is 0.123 e. The molecule has 0 saturated carbocycles. The lowest BCUT2D eigenvalue weighted by atomic mass is 10.1. The Bertz CT molecular complexity index is 567. The molecule has 1 unspecified atom stereocenters. The highest BCUT2D eigenvalue weighted by atomic mass is 35.5. The van der Waals surface area contributed by atoms with Crippen LogP contribution in [0.25, 0.3) is 0 Å². The fourth-order valence-electron chi connectivity index (χ4n) is 2.37. The summed E-state index contributed by atoms with van der Waals surface area (Å²) in [5.74, 6) is 0.963. The van der Waals surface area contributed by atoms with Crippen LogP contribution in [0.15, 0.2) is 30.3 Å². The zero-order valence-corrected chi connectivity index (χ0v) is 11.4. The molecule has 4 heteroatoms. The first-order valence-electron chi connectivity index (χ1n) is 5.98. The Balaban J connectivity index is 1.78. The van der Waals surface area contributed by atoms with Gasteiger partial charge in [-0.25, -0.2) is 0 Å². The van der Waals surface area contributed by atoms with Gasteiger partial charge in [0.2, 0.25) is 0 Å². The molecule has 0 fully saturated rings. The summed E-state index contributed by atoms with van der Waals surface area (Å²) in [4.78, 5) is 1.14. The van der Waals surface area contributed by atoms with E-state index in [4.69, 9.17) is 22.1 Å². The van der Waals surface area contributed by atoms with Gasteiger partial charge in [-0.2, -0.15) is 0 Å². The Kier molecular flexibility index (Phi) is 3.29. The summed E-state index contributed by atoms with van der Waals surface area (Å²) in [5, 5.41) is 0. The molecule has 0 amide bonds. The lowest BCUT2D eigenvalue weighted by Crippen LogP contribution is -2.05. The van der Waals surface area contributed by atoms with Crippen LogP contribution >= 0.6 is 22.9 Å². The van der Waals surface area contributed by atoms with Gasteiger partial charge in [-0.1, -0.05) is 23.7 Å². The molecule has 1 aromatic carbocycles. The van der Waals surface area contributed by atoms with Gasteiger partial charge in [0.25, 0.3) is 0 Å². The number of rotatable bonds is 3. The molecule has 0 saturated heterocycles. The van der Waals surface area contributed by atoms with Gasteiger partial charge in [-0.3, -0.25) is 0 Å². The number of hydrogen-bond donors (Lipinski definition) is 1. The summed E-state index contributed by atoms with van der Waals surface area (Å²) in [6.07, 6.45) is 2.03. The van der Waals surface area contributed by atoms with Crippen LogP contribution in [0.3, 0.4) is 0 Å². The van der Waals surface area contributed by atoms with Crippen LogP contribution in [-0.2, 0) is 13.0 Å². The highest BCUT2D eigenvalue weighted by Gasteiger charge is 2.22. The predicted molar refractivity (Wildman–Crippen MR) is 75.4 cm³/mol. The lowest BCUT2D eigenvalue weighted by molar-refractivity contribution is 0.307. The van der Waals surface area contributed by atoms with Gasteiger partial charge in [-0.15, -0.1) is 11.3 Å². The van der Waals surface area contributed by atoms with E-state index in [9.17, 15) is 0 Å². The fraction of sp³-hybridized carbons (Fsp3) is 0.286. The van der Waals surface area contributed by atoms with Crippen molar-refractivity contribution in [2.45, 2.75) is 25.5 Å². The van der Waals surface area contributed by atoms with E-state index in [0.717, 1.165) is 27.8 Å². The minimum atomic E-state index is 0.166. The third-order valence-electron chi connectivity index (χ3n) is 3.27. The minimum Gasteiger partial charge on any atom is -0.488 e. The summed E-state index contributed by atoms with van der Waals surface area (Å²) in [5.41, 5.74) is 8.56. The molecule has 2 aromatic rings. The van der Waals surface area contributed by atoms with Gasteiger partial charge in [-0.05, 0) is 42.2 Å². The molecule has 2 nitrogen and oxygen atoms in total. The molecule has 1 aromatic heterocycles. The van der Waals surface area contributed by atoms with Crippen molar-refractivity contribution in [3.63, 3.8) is 0 Å². The first kappa shape index (κ1) is 12.0. The van der Waals surface area contributed by atoms with Crippen molar-refractivity contribution in [1.29, 1.82) is 0 Å². The number of fused-ring (bicyclic) bond motifs is 1. The van der Waals surface area contributed by atoms with Crippen molar-refractivity contribution < 1.29 is 4.74 Å². The molecule has 0 aliphatic heterocycles. The first-order chi connectivity index (χ1) is 8.74.